The Morgan fingerprint density at radius 3 is 2.79 bits per heavy atom. The number of non-ortho nitro benzene ring substituents is 1. The highest BCUT2D eigenvalue weighted by Gasteiger charge is 2.14. The molecule has 0 aliphatic carbocycles. The highest BCUT2D eigenvalue weighted by molar-refractivity contribution is 9.10. The van der Waals surface area contributed by atoms with Crippen molar-refractivity contribution >= 4 is 44.3 Å². The van der Waals surface area contributed by atoms with Gasteiger partial charge in [0.25, 0.3) is 5.69 Å². The fourth-order valence-electron chi connectivity index (χ4n) is 2.77. The maximum atomic E-state index is 10.9. The molecule has 0 aliphatic rings. The number of aromatic amines is 1. The molecule has 2 aromatic heterocycles. The fourth-order valence-corrected chi connectivity index (χ4v) is 3.33. The number of rotatable bonds is 4. The molecule has 4 aromatic rings. The Morgan fingerprint density at radius 2 is 2.07 bits per heavy atom. The number of aromatic nitrogens is 2. The van der Waals surface area contributed by atoms with Crippen molar-refractivity contribution in [2.75, 3.05) is 0 Å². The first-order chi connectivity index (χ1) is 13.5. The predicted octanol–water partition coefficient (Wildman–Crippen LogP) is 5.56. The second-order valence-corrected chi connectivity index (χ2v) is 6.75. The van der Waals surface area contributed by atoms with Crippen molar-refractivity contribution in [3.05, 3.63) is 80.8 Å². The van der Waals surface area contributed by atoms with Crippen LogP contribution in [-0.4, -0.2) is 14.9 Å². The summed E-state index contributed by atoms with van der Waals surface area (Å²) in [5.74, 6) is 1.45. The Morgan fingerprint density at radius 1 is 1.25 bits per heavy atom. The summed E-state index contributed by atoms with van der Waals surface area (Å²) < 4.78 is 6.36. The average Bonchev–Trinajstić information content (AvgIpc) is 3.32. The highest BCUT2D eigenvalue weighted by Crippen LogP contribution is 2.33. The van der Waals surface area contributed by atoms with Crippen molar-refractivity contribution in [2.45, 2.75) is 0 Å². The molecular weight excluding hydrogens is 424 g/mol. The lowest BCUT2D eigenvalue weighted by Crippen LogP contribution is -1.88. The van der Waals surface area contributed by atoms with E-state index in [-0.39, 0.29) is 5.69 Å². The molecular formula is C20H11BrN4O3. The minimum absolute atomic E-state index is 0.0149. The number of H-pyrrole nitrogens is 1. The van der Waals surface area contributed by atoms with E-state index >= 15 is 0 Å². The Labute approximate surface area is 167 Å². The number of hydrogen-bond donors (Lipinski definition) is 1. The standard InChI is InChI=1S/C20H11BrN4O3/c21-16-10-13(25(26)27)5-7-15(16)19-8-6-14(28-19)9-12(11-22)20-23-17-3-1-2-4-18(17)24-20/h1-10H,(H,23,24)/b12-9+. The van der Waals surface area contributed by atoms with Crippen LogP contribution in [0.3, 0.4) is 0 Å². The zero-order valence-corrected chi connectivity index (χ0v) is 15.8. The van der Waals surface area contributed by atoms with E-state index in [9.17, 15) is 15.4 Å². The van der Waals surface area contributed by atoms with Gasteiger partial charge in [0.1, 0.15) is 23.4 Å². The third kappa shape index (κ3) is 3.31. The number of nitrogens with one attached hydrogen (secondary N) is 1. The second-order valence-electron chi connectivity index (χ2n) is 5.90. The maximum Gasteiger partial charge on any atom is 0.270 e. The van der Waals surface area contributed by atoms with Crippen LogP contribution < -0.4 is 0 Å². The second kappa shape index (κ2) is 7.13. The first-order valence-corrected chi connectivity index (χ1v) is 8.95. The number of imidazole rings is 1. The van der Waals surface area contributed by atoms with Crippen LogP contribution in [0.1, 0.15) is 11.6 Å². The van der Waals surface area contributed by atoms with Gasteiger partial charge < -0.3 is 9.40 Å². The summed E-state index contributed by atoms with van der Waals surface area (Å²) >= 11 is 3.34. The summed E-state index contributed by atoms with van der Waals surface area (Å²) in [6.45, 7) is 0. The lowest BCUT2D eigenvalue weighted by molar-refractivity contribution is -0.384. The summed E-state index contributed by atoms with van der Waals surface area (Å²) in [7, 11) is 0. The van der Waals surface area contributed by atoms with Crippen molar-refractivity contribution < 1.29 is 9.34 Å². The summed E-state index contributed by atoms with van der Waals surface area (Å²) in [5.41, 5.74) is 2.61. The minimum Gasteiger partial charge on any atom is -0.457 e. The van der Waals surface area contributed by atoms with Gasteiger partial charge in [-0.25, -0.2) is 4.98 Å². The van der Waals surface area contributed by atoms with Gasteiger partial charge in [-0.1, -0.05) is 12.1 Å². The molecule has 0 atom stereocenters. The number of nitro groups is 1. The molecule has 1 N–H and O–H groups in total. The molecule has 2 aromatic carbocycles. The van der Waals surface area contributed by atoms with Crippen LogP contribution in [-0.2, 0) is 0 Å². The number of para-hydroxylation sites is 2. The van der Waals surface area contributed by atoms with E-state index in [4.69, 9.17) is 4.42 Å². The van der Waals surface area contributed by atoms with Gasteiger partial charge in [0, 0.05) is 28.2 Å². The van der Waals surface area contributed by atoms with Crippen molar-refractivity contribution in [1.29, 1.82) is 5.26 Å². The van der Waals surface area contributed by atoms with Crippen LogP contribution in [0.2, 0.25) is 0 Å². The largest absolute Gasteiger partial charge is 0.457 e. The van der Waals surface area contributed by atoms with Crippen LogP contribution >= 0.6 is 15.9 Å². The lowest BCUT2D eigenvalue weighted by Gasteiger charge is -2.01. The Bertz CT molecular complexity index is 1250. The van der Waals surface area contributed by atoms with Gasteiger partial charge in [-0.15, -0.1) is 0 Å². The molecule has 0 amide bonds. The lowest BCUT2D eigenvalue weighted by atomic mass is 10.1. The summed E-state index contributed by atoms with van der Waals surface area (Å²) in [6.07, 6.45) is 1.60. The first kappa shape index (κ1) is 17.7. The van der Waals surface area contributed by atoms with Crippen molar-refractivity contribution in [2.24, 2.45) is 0 Å². The molecule has 0 fully saturated rings. The number of nitriles is 1. The van der Waals surface area contributed by atoms with E-state index in [0.717, 1.165) is 11.0 Å². The van der Waals surface area contributed by atoms with Gasteiger partial charge >= 0.3 is 0 Å². The number of nitrogens with zero attached hydrogens (tertiary/aromatic N) is 3. The van der Waals surface area contributed by atoms with Crippen LogP contribution in [0, 0.1) is 21.4 Å². The van der Waals surface area contributed by atoms with Gasteiger partial charge in [0.05, 0.1) is 21.5 Å². The first-order valence-electron chi connectivity index (χ1n) is 8.16. The molecule has 7 nitrogen and oxygen atoms in total. The molecule has 8 heteroatoms. The van der Waals surface area contributed by atoms with E-state index in [2.05, 4.69) is 32.0 Å². The third-order valence-corrected chi connectivity index (χ3v) is 4.76. The average molecular weight is 435 g/mol. The zero-order valence-electron chi connectivity index (χ0n) is 14.2. The SMILES string of the molecule is N#C/C(=C\c1ccc(-c2ccc([N+](=O)[O-])cc2Br)o1)c1nc2ccccc2[nH]1. The van der Waals surface area contributed by atoms with E-state index < -0.39 is 4.92 Å². The molecule has 0 bridgehead atoms. The van der Waals surface area contributed by atoms with Gasteiger partial charge in [-0.05, 0) is 46.3 Å². The van der Waals surface area contributed by atoms with Crippen LogP contribution in [0.5, 0.6) is 0 Å². The van der Waals surface area contributed by atoms with E-state index in [1.807, 2.05) is 24.3 Å². The molecule has 28 heavy (non-hydrogen) atoms. The highest BCUT2D eigenvalue weighted by atomic mass is 79.9. The Balaban J connectivity index is 1.68. The quantitative estimate of drug-likeness (QED) is 0.257. The third-order valence-electron chi connectivity index (χ3n) is 4.11. The maximum absolute atomic E-state index is 10.9. The number of halogens is 1. The van der Waals surface area contributed by atoms with E-state index in [0.29, 0.717) is 33.0 Å². The van der Waals surface area contributed by atoms with Crippen molar-refractivity contribution in [1.82, 2.24) is 9.97 Å². The number of benzene rings is 2. The van der Waals surface area contributed by atoms with Crippen LogP contribution in [0.25, 0.3) is 34.0 Å². The molecule has 136 valence electrons. The molecule has 0 saturated heterocycles. The van der Waals surface area contributed by atoms with Crippen LogP contribution in [0.4, 0.5) is 5.69 Å². The monoisotopic (exact) mass is 434 g/mol. The van der Waals surface area contributed by atoms with E-state index in [1.165, 1.54) is 12.1 Å². The normalized spacial score (nSPS) is 11.5. The smallest absolute Gasteiger partial charge is 0.270 e. The van der Waals surface area contributed by atoms with Crippen LogP contribution in [0.15, 0.2) is 63.5 Å². The van der Waals surface area contributed by atoms with Gasteiger partial charge in [-0.2, -0.15) is 5.26 Å². The molecule has 0 spiro atoms. The molecule has 0 aliphatic heterocycles. The minimum atomic E-state index is -0.461. The number of fused-ring (bicyclic) bond motifs is 1. The Kier molecular flexibility index (Phi) is 4.51. The van der Waals surface area contributed by atoms with Crippen molar-refractivity contribution in [3.8, 4) is 17.4 Å². The molecule has 2 heterocycles. The molecule has 0 radical (unpaired) electrons. The molecule has 0 saturated carbocycles. The topological polar surface area (TPSA) is 109 Å². The molecule has 0 unspecified atom stereocenters. The number of allylic oxidation sites excluding steroid dienone is 1. The number of furan rings is 1. The molecule has 4 rings (SSSR count). The zero-order chi connectivity index (χ0) is 19.7. The van der Waals surface area contributed by atoms with Crippen molar-refractivity contribution in [3.63, 3.8) is 0 Å². The predicted molar refractivity (Wildman–Crippen MR) is 108 cm³/mol. The van der Waals surface area contributed by atoms with Gasteiger partial charge in [0.2, 0.25) is 0 Å². The summed E-state index contributed by atoms with van der Waals surface area (Å²) in [4.78, 5) is 18.0. The van der Waals surface area contributed by atoms with E-state index in [1.54, 1.807) is 24.3 Å². The van der Waals surface area contributed by atoms with Gasteiger partial charge in [0.15, 0.2) is 0 Å². The summed E-state index contributed by atoms with van der Waals surface area (Å²) in [6, 6.07) is 17.6. The fraction of sp³-hybridized carbons (Fsp3) is 0. The number of nitro benzene ring substituents is 1. The summed E-state index contributed by atoms with van der Waals surface area (Å²) in [5, 5.41) is 20.4. The van der Waals surface area contributed by atoms with Gasteiger partial charge in [-0.3, -0.25) is 10.1 Å². The Hall–Kier alpha value is -3.70. The number of hydrogen-bond acceptors (Lipinski definition) is 5.